The smallest absolute Gasteiger partial charge is 0.306 e. The van der Waals surface area contributed by atoms with Gasteiger partial charge in [-0.15, -0.1) is 0 Å². The summed E-state index contributed by atoms with van der Waals surface area (Å²) in [7, 11) is 1.85. The summed E-state index contributed by atoms with van der Waals surface area (Å²) >= 11 is 0. The van der Waals surface area contributed by atoms with Crippen LogP contribution in [0.5, 0.6) is 0 Å². The molecule has 1 aromatic carbocycles. The molecule has 35 heavy (non-hydrogen) atoms. The molecule has 1 aliphatic carbocycles. The first-order chi connectivity index (χ1) is 16.8. The number of carbonyl (C=O) groups is 2. The molecular weight excluding hydrogens is 442 g/mol. The van der Waals surface area contributed by atoms with Crippen LogP contribution in [0.4, 0.5) is 0 Å². The van der Waals surface area contributed by atoms with E-state index in [4.69, 9.17) is 4.74 Å². The molecule has 0 N–H and O–H groups in total. The summed E-state index contributed by atoms with van der Waals surface area (Å²) in [5.41, 5.74) is 3.82. The van der Waals surface area contributed by atoms with Crippen LogP contribution in [0, 0.1) is 26.7 Å². The molecule has 1 aliphatic rings. The molecule has 0 amide bonds. The number of ether oxygens (including phenoxy) is 1. The maximum Gasteiger partial charge on any atom is 0.306 e. The van der Waals surface area contributed by atoms with Gasteiger partial charge < -0.3 is 9.30 Å². The minimum atomic E-state index is -0.317. The zero-order valence-electron chi connectivity index (χ0n) is 21.2. The lowest BCUT2D eigenvalue weighted by Gasteiger charge is -2.20. The molecule has 0 radical (unpaired) electrons. The highest BCUT2D eigenvalue weighted by atomic mass is 16.5. The number of aryl methyl sites for hydroxylation is 1. The molecule has 3 aromatic rings. The SMILES string of the molecule is Cc1cc(C(=O)COC(=O)CCC2CCCCC2)c(C)n1-c1c(C)n(C)n(-c2ccccc2)c1=O. The van der Waals surface area contributed by atoms with E-state index >= 15 is 0 Å². The van der Waals surface area contributed by atoms with E-state index in [0.717, 1.165) is 23.5 Å². The molecule has 2 heterocycles. The first kappa shape index (κ1) is 24.8. The van der Waals surface area contributed by atoms with Crippen molar-refractivity contribution in [2.75, 3.05) is 6.61 Å². The summed E-state index contributed by atoms with van der Waals surface area (Å²) in [5, 5.41) is 0. The second kappa shape index (κ2) is 10.5. The van der Waals surface area contributed by atoms with Gasteiger partial charge in [-0.2, -0.15) is 0 Å². The van der Waals surface area contributed by atoms with Gasteiger partial charge >= 0.3 is 5.97 Å². The van der Waals surface area contributed by atoms with Gasteiger partial charge in [0, 0.05) is 30.4 Å². The molecule has 0 bridgehead atoms. The largest absolute Gasteiger partial charge is 0.457 e. The molecule has 0 saturated heterocycles. The van der Waals surface area contributed by atoms with Crippen LogP contribution in [0.2, 0.25) is 0 Å². The number of rotatable bonds is 8. The predicted molar refractivity (Wildman–Crippen MR) is 136 cm³/mol. The van der Waals surface area contributed by atoms with Crippen LogP contribution >= 0.6 is 0 Å². The lowest BCUT2D eigenvalue weighted by Crippen LogP contribution is -2.22. The summed E-state index contributed by atoms with van der Waals surface area (Å²) in [4.78, 5) is 38.7. The molecule has 2 aromatic heterocycles. The van der Waals surface area contributed by atoms with Crippen LogP contribution in [0.3, 0.4) is 0 Å². The van der Waals surface area contributed by atoms with Crippen LogP contribution in [-0.2, 0) is 16.6 Å². The predicted octanol–water partition coefficient (Wildman–Crippen LogP) is 4.98. The van der Waals surface area contributed by atoms with Crippen molar-refractivity contribution in [2.24, 2.45) is 13.0 Å². The average molecular weight is 478 g/mol. The molecular formula is C28H35N3O4. The van der Waals surface area contributed by atoms with Crippen LogP contribution in [0.15, 0.2) is 41.2 Å². The minimum Gasteiger partial charge on any atom is -0.457 e. The molecule has 1 fully saturated rings. The van der Waals surface area contributed by atoms with Crippen molar-refractivity contribution in [2.45, 2.75) is 65.7 Å². The fourth-order valence-corrected chi connectivity index (χ4v) is 5.29. The first-order valence-corrected chi connectivity index (χ1v) is 12.5. The molecule has 0 unspecified atom stereocenters. The van der Waals surface area contributed by atoms with E-state index in [0.29, 0.717) is 29.3 Å². The summed E-state index contributed by atoms with van der Waals surface area (Å²) in [6, 6.07) is 11.2. The minimum absolute atomic E-state index is 0.161. The number of hydrogen-bond donors (Lipinski definition) is 0. The molecule has 1 saturated carbocycles. The van der Waals surface area contributed by atoms with Crippen LogP contribution in [-0.4, -0.2) is 32.3 Å². The van der Waals surface area contributed by atoms with Crippen LogP contribution < -0.4 is 5.56 Å². The second-order valence-corrected chi connectivity index (χ2v) is 9.66. The van der Waals surface area contributed by atoms with Crippen molar-refractivity contribution in [1.82, 2.24) is 13.9 Å². The highest BCUT2D eigenvalue weighted by Gasteiger charge is 2.24. The summed E-state index contributed by atoms with van der Waals surface area (Å²) in [6.07, 6.45) is 7.33. The van der Waals surface area contributed by atoms with Crippen molar-refractivity contribution in [1.29, 1.82) is 0 Å². The van der Waals surface area contributed by atoms with Gasteiger partial charge in [-0.05, 0) is 51.3 Å². The van der Waals surface area contributed by atoms with Crippen molar-refractivity contribution in [3.8, 4) is 11.4 Å². The van der Waals surface area contributed by atoms with Gasteiger partial charge in [-0.3, -0.25) is 19.1 Å². The normalized spacial score (nSPS) is 14.3. The molecule has 7 nitrogen and oxygen atoms in total. The maximum absolute atomic E-state index is 13.5. The van der Waals surface area contributed by atoms with Crippen molar-refractivity contribution >= 4 is 11.8 Å². The van der Waals surface area contributed by atoms with E-state index in [1.807, 2.05) is 67.4 Å². The lowest BCUT2D eigenvalue weighted by molar-refractivity contribution is -0.142. The first-order valence-electron chi connectivity index (χ1n) is 12.5. The number of para-hydroxylation sites is 1. The number of carbonyl (C=O) groups excluding carboxylic acids is 2. The van der Waals surface area contributed by atoms with E-state index in [1.165, 1.54) is 32.1 Å². The Balaban J connectivity index is 1.51. The molecule has 4 rings (SSSR count). The Labute approximate surface area is 206 Å². The van der Waals surface area contributed by atoms with Crippen LogP contribution in [0.25, 0.3) is 11.4 Å². The molecule has 0 spiro atoms. The number of esters is 1. The second-order valence-electron chi connectivity index (χ2n) is 9.66. The van der Waals surface area contributed by atoms with Crippen LogP contribution in [0.1, 0.15) is 72.4 Å². The number of benzene rings is 1. The standard InChI is InChI=1S/C28H35N3O4/c1-19-17-24(25(32)18-35-26(33)16-15-22-11-7-5-8-12-22)20(2)30(19)27-21(3)29(4)31(28(27)34)23-13-9-6-10-14-23/h6,9-10,13-14,17,22H,5,7-8,11-12,15-16,18H2,1-4H3. The number of hydrogen-bond acceptors (Lipinski definition) is 4. The van der Waals surface area contributed by atoms with Gasteiger partial charge in [-0.1, -0.05) is 50.3 Å². The lowest BCUT2D eigenvalue weighted by atomic mass is 9.86. The molecule has 7 heteroatoms. The molecule has 0 atom stereocenters. The Morgan fingerprint density at radius 1 is 1.00 bits per heavy atom. The topological polar surface area (TPSA) is 75.2 Å². The fourth-order valence-electron chi connectivity index (χ4n) is 5.29. The zero-order valence-corrected chi connectivity index (χ0v) is 21.2. The summed E-state index contributed by atoms with van der Waals surface area (Å²) in [6.45, 7) is 5.31. The van der Waals surface area contributed by atoms with Crippen molar-refractivity contribution in [3.05, 3.63) is 69.4 Å². The van der Waals surface area contributed by atoms with Gasteiger partial charge in [0.2, 0.25) is 5.78 Å². The Bertz CT molecular complexity index is 1270. The summed E-state index contributed by atoms with van der Waals surface area (Å²) in [5.74, 6) is 0.0229. The summed E-state index contributed by atoms with van der Waals surface area (Å²) < 4.78 is 10.6. The highest BCUT2D eigenvalue weighted by Crippen LogP contribution is 2.27. The van der Waals surface area contributed by atoms with Gasteiger partial charge in [0.05, 0.1) is 11.4 Å². The van der Waals surface area contributed by atoms with E-state index < -0.39 is 0 Å². The Morgan fingerprint density at radius 2 is 1.69 bits per heavy atom. The van der Waals surface area contributed by atoms with Crippen molar-refractivity contribution < 1.29 is 14.3 Å². The van der Waals surface area contributed by atoms with Gasteiger partial charge in [-0.25, -0.2) is 4.68 Å². The average Bonchev–Trinajstić information content (AvgIpc) is 3.27. The van der Waals surface area contributed by atoms with Gasteiger partial charge in [0.25, 0.3) is 5.56 Å². The molecule has 0 aliphatic heterocycles. The number of Topliss-reactive ketones (excluding diaryl/α,β-unsaturated/α-hetero) is 1. The quantitative estimate of drug-likeness (QED) is 0.339. The third-order valence-corrected chi connectivity index (χ3v) is 7.32. The van der Waals surface area contributed by atoms with E-state index in [2.05, 4.69) is 0 Å². The third kappa shape index (κ3) is 5.04. The van der Waals surface area contributed by atoms with E-state index in [-0.39, 0.29) is 23.9 Å². The van der Waals surface area contributed by atoms with E-state index in [1.54, 1.807) is 10.7 Å². The fraction of sp³-hybridized carbons (Fsp3) is 0.464. The Morgan fingerprint density at radius 3 is 2.37 bits per heavy atom. The zero-order chi connectivity index (χ0) is 25.1. The number of aromatic nitrogens is 3. The Hall–Kier alpha value is -3.35. The number of ketones is 1. The van der Waals surface area contributed by atoms with Gasteiger partial charge in [0.1, 0.15) is 5.69 Å². The third-order valence-electron chi connectivity index (χ3n) is 7.32. The van der Waals surface area contributed by atoms with Crippen molar-refractivity contribution in [3.63, 3.8) is 0 Å². The number of nitrogens with zero attached hydrogens (tertiary/aromatic N) is 3. The Kier molecular flexibility index (Phi) is 7.43. The van der Waals surface area contributed by atoms with E-state index in [9.17, 15) is 14.4 Å². The monoisotopic (exact) mass is 477 g/mol. The highest BCUT2D eigenvalue weighted by molar-refractivity contribution is 5.99. The molecule has 186 valence electrons. The van der Waals surface area contributed by atoms with Gasteiger partial charge in [0.15, 0.2) is 6.61 Å². The maximum atomic E-state index is 13.5.